The van der Waals surface area contributed by atoms with Crippen molar-refractivity contribution >= 4 is 61.7 Å². The quantitative estimate of drug-likeness (QED) is 0.421. The number of para-hydroxylation sites is 1. The zero-order valence-electron chi connectivity index (χ0n) is 11.8. The molecule has 0 bridgehead atoms. The summed E-state index contributed by atoms with van der Waals surface area (Å²) in [7, 11) is 0. The first kappa shape index (κ1) is 16.2. The van der Waals surface area contributed by atoms with Crippen molar-refractivity contribution in [1.82, 2.24) is 4.57 Å². The lowest BCUT2D eigenvalue weighted by atomic mass is 10.2. The molecule has 0 saturated carbocycles. The molecule has 1 heterocycles. The number of aromatic nitrogens is 1. The molecule has 0 aliphatic carbocycles. The molecule has 6 heteroatoms. The molecule has 0 saturated heterocycles. The van der Waals surface area contributed by atoms with E-state index in [1.807, 2.05) is 30.3 Å². The maximum atomic E-state index is 12.5. The predicted octanol–water partition coefficient (Wildman–Crippen LogP) is 4.34. The molecule has 1 amide bonds. The van der Waals surface area contributed by atoms with E-state index in [0.717, 1.165) is 13.8 Å². The smallest absolute Gasteiger partial charge is 0.280 e. The summed E-state index contributed by atoms with van der Waals surface area (Å²) in [5.74, 6) is 2.30. The van der Waals surface area contributed by atoms with Gasteiger partial charge in [0.2, 0.25) is 0 Å². The SMILES string of the molecule is C#CCn1c(=NC(=O)c2ccccc2I)sc2cccc(Cl)c21. The molecule has 0 aliphatic rings. The summed E-state index contributed by atoms with van der Waals surface area (Å²) in [6, 6.07) is 13.0. The number of carbonyl (C=O) groups excluding carboxylic acids is 1. The molecular weight excluding hydrogens is 443 g/mol. The molecule has 114 valence electrons. The van der Waals surface area contributed by atoms with Crippen molar-refractivity contribution < 1.29 is 4.79 Å². The van der Waals surface area contributed by atoms with Crippen LogP contribution in [0.15, 0.2) is 47.5 Å². The van der Waals surface area contributed by atoms with Crippen LogP contribution in [-0.2, 0) is 6.54 Å². The number of fused-ring (bicyclic) bond motifs is 1. The molecular formula is C17H10ClIN2OS. The van der Waals surface area contributed by atoms with Gasteiger partial charge < -0.3 is 4.57 Å². The van der Waals surface area contributed by atoms with E-state index in [1.54, 1.807) is 16.7 Å². The summed E-state index contributed by atoms with van der Waals surface area (Å²) in [6.45, 7) is 0.307. The van der Waals surface area contributed by atoms with Crippen molar-refractivity contribution in [2.45, 2.75) is 6.54 Å². The first-order chi connectivity index (χ1) is 11.1. The number of thiazole rings is 1. The molecule has 0 fully saturated rings. The number of benzene rings is 2. The van der Waals surface area contributed by atoms with E-state index >= 15 is 0 Å². The second-order valence-corrected chi connectivity index (χ2v) is 7.24. The van der Waals surface area contributed by atoms with E-state index in [0.29, 0.717) is 21.9 Å². The van der Waals surface area contributed by atoms with Gasteiger partial charge in [-0.15, -0.1) is 6.42 Å². The van der Waals surface area contributed by atoms with Gasteiger partial charge in [0, 0.05) is 3.57 Å². The molecule has 3 rings (SSSR count). The zero-order chi connectivity index (χ0) is 16.4. The molecule has 3 nitrogen and oxygen atoms in total. The Labute approximate surface area is 155 Å². The Morgan fingerprint density at radius 2 is 2.09 bits per heavy atom. The molecule has 23 heavy (non-hydrogen) atoms. The van der Waals surface area contributed by atoms with Crippen molar-refractivity contribution in [3.8, 4) is 12.3 Å². The average molecular weight is 453 g/mol. The minimum Gasteiger partial charge on any atom is -0.303 e. The third-order valence-electron chi connectivity index (χ3n) is 3.20. The van der Waals surface area contributed by atoms with Gasteiger partial charge in [-0.1, -0.05) is 47.1 Å². The maximum Gasteiger partial charge on any atom is 0.280 e. The van der Waals surface area contributed by atoms with E-state index in [4.69, 9.17) is 18.0 Å². The van der Waals surface area contributed by atoms with Crippen LogP contribution in [0.2, 0.25) is 5.02 Å². The fourth-order valence-electron chi connectivity index (χ4n) is 2.19. The van der Waals surface area contributed by atoms with Crippen molar-refractivity contribution in [2.24, 2.45) is 4.99 Å². The predicted molar refractivity (Wildman–Crippen MR) is 103 cm³/mol. The summed E-state index contributed by atoms with van der Waals surface area (Å²) < 4.78 is 3.61. The molecule has 1 aromatic heterocycles. The molecule has 0 N–H and O–H groups in total. The van der Waals surface area contributed by atoms with Crippen LogP contribution in [0.25, 0.3) is 10.2 Å². The summed E-state index contributed by atoms with van der Waals surface area (Å²) in [4.78, 5) is 17.3. The fraction of sp³-hybridized carbons (Fsp3) is 0.0588. The highest BCUT2D eigenvalue weighted by Gasteiger charge is 2.12. The van der Waals surface area contributed by atoms with Crippen molar-refractivity contribution in [1.29, 1.82) is 0 Å². The maximum absolute atomic E-state index is 12.5. The summed E-state index contributed by atoms with van der Waals surface area (Å²) in [5, 5.41) is 0.595. The number of hydrogen-bond donors (Lipinski definition) is 0. The lowest BCUT2D eigenvalue weighted by molar-refractivity contribution is 0.0997. The average Bonchev–Trinajstić information content (AvgIpc) is 2.87. The minimum atomic E-state index is -0.288. The second kappa shape index (κ2) is 6.87. The largest absolute Gasteiger partial charge is 0.303 e. The lowest BCUT2D eigenvalue weighted by Crippen LogP contribution is -2.17. The van der Waals surface area contributed by atoms with Crippen LogP contribution in [0.4, 0.5) is 0 Å². The number of terminal acetylenes is 1. The number of amides is 1. The minimum absolute atomic E-state index is 0.288. The van der Waals surface area contributed by atoms with Crippen LogP contribution in [0.5, 0.6) is 0 Å². The van der Waals surface area contributed by atoms with Gasteiger partial charge in [-0.3, -0.25) is 4.79 Å². The topological polar surface area (TPSA) is 34.4 Å². The van der Waals surface area contributed by atoms with Gasteiger partial charge in [0.1, 0.15) is 0 Å². The van der Waals surface area contributed by atoms with Crippen LogP contribution in [-0.4, -0.2) is 10.5 Å². The van der Waals surface area contributed by atoms with Gasteiger partial charge in [-0.05, 0) is 46.9 Å². The number of hydrogen-bond acceptors (Lipinski definition) is 2. The normalized spacial score (nSPS) is 11.6. The summed E-state index contributed by atoms with van der Waals surface area (Å²) in [5.41, 5.74) is 1.38. The molecule has 0 atom stereocenters. The van der Waals surface area contributed by atoms with E-state index in [-0.39, 0.29) is 5.91 Å². The molecule has 0 unspecified atom stereocenters. The van der Waals surface area contributed by atoms with Gasteiger partial charge in [0.15, 0.2) is 4.80 Å². The van der Waals surface area contributed by atoms with Gasteiger partial charge in [0.25, 0.3) is 5.91 Å². The molecule has 0 spiro atoms. The van der Waals surface area contributed by atoms with E-state index in [1.165, 1.54) is 11.3 Å². The van der Waals surface area contributed by atoms with Crippen molar-refractivity contribution in [2.75, 3.05) is 0 Å². The van der Waals surface area contributed by atoms with Crippen LogP contribution in [0.3, 0.4) is 0 Å². The Morgan fingerprint density at radius 3 is 2.83 bits per heavy atom. The highest BCUT2D eigenvalue weighted by Crippen LogP contribution is 2.25. The number of halogens is 2. The first-order valence-corrected chi connectivity index (χ1v) is 8.94. The van der Waals surface area contributed by atoms with E-state index in [2.05, 4.69) is 33.5 Å². The molecule has 0 aliphatic heterocycles. The standard InChI is InChI=1S/C17H10ClIN2OS/c1-2-10-21-15-12(18)7-5-9-14(15)23-17(21)20-16(22)11-6-3-4-8-13(11)19/h1,3-9H,10H2. The lowest BCUT2D eigenvalue weighted by Gasteiger charge is -2.02. The number of rotatable bonds is 2. The molecule has 0 radical (unpaired) electrons. The zero-order valence-corrected chi connectivity index (χ0v) is 15.5. The Bertz CT molecular complexity index is 1010. The van der Waals surface area contributed by atoms with Crippen LogP contribution >= 0.6 is 45.5 Å². The first-order valence-electron chi connectivity index (χ1n) is 6.66. The number of nitrogens with zero attached hydrogens (tertiary/aromatic N) is 2. The van der Waals surface area contributed by atoms with Gasteiger partial charge >= 0.3 is 0 Å². The summed E-state index contributed by atoms with van der Waals surface area (Å²) in [6.07, 6.45) is 5.46. The third kappa shape index (κ3) is 3.20. The van der Waals surface area contributed by atoms with Crippen LogP contribution < -0.4 is 4.80 Å². The molecule has 2 aromatic carbocycles. The van der Waals surface area contributed by atoms with E-state index < -0.39 is 0 Å². The second-order valence-electron chi connectivity index (χ2n) is 4.66. The van der Waals surface area contributed by atoms with Crippen LogP contribution in [0, 0.1) is 15.9 Å². The Kier molecular flexibility index (Phi) is 4.85. The monoisotopic (exact) mass is 452 g/mol. The Hall–Kier alpha value is -1.62. The fourth-order valence-corrected chi connectivity index (χ4v) is 4.20. The third-order valence-corrected chi connectivity index (χ3v) is 5.49. The van der Waals surface area contributed by atoms with Gasteiger partial charge in [-0.2, -0.15) is 4.99 Å². The number of carbonyl (C=O) groups is 1. The molecule has 3 aromatic rings. The van der Waals surface area contributed by atoms with Crippen molar-refractivity contribution in [3.05, 3.63) is 61.4 Å². The van der Waals surface area contributed by atoms with E-state index in [9.17, 15) is 4.79 Å². The summed E-state index contributed by atoms with van der Waals surface area (Å²) >= 11 is 9.80. The van der Waals surface area contributed by atoms with Gasteiger partial charge in [0.05, 0.1) is 27.3 Å². The van der Waals surface area contributed by atoms with Gasteiger partial charge in [-0.25, -0.2) is 0 Å². The Morgan fingerprint density at radius 1 is 1.30 bits per heavy atom. The van der Waals surface area contributed by atoms with Crippen molar-refractivity contribution in [3.63, 3.8) is 0 Å². The highest BCUT2D eigenvalue weighted by atomic mass is 127. The highest BCUT2D eigenvalue weighted by molar-refractivity contribution is 14.1. The van der Waals surface area contributed by atoms with Crippen LogP contribution in [0.1, 0.15) is 10.4 Å². The Balaban J connectivity index is 2.22.